The Morgan fingerprint density at radius 3 is 2.59 bits per heavy atom. The van der Waals surface area contributed by atoms with Crippen molar-refractivity contribution in [3.63, 3.8) is 0 Å². The quantitative estimate of drug-likeness (QED) is 0.313. The van der Waals surface area contributed by atoms with Crippen molar-refractivity contribution in [1.29, 1.82) is 0 Å². The van der Waals surface area contributed by atoms with E-state index in [0.29, 0.717) is 6.54 Å². The van der Waals surface area contributed by atoms with E-state index in [0.717, 1.165) is 42.2 Å². The predicted molar refractivity (Wildman–Crippen MR) is 117 cm³/mol. The van der Waals surface area contributed by atoms with Gasteiger partial charge in [-0.2, -0.15) is 10.3 Å². The number of unbranched alkanes of at least 4 members (excludes halogenated alkanes) is 1. The predicted octanol–water partition coefficient (Wildman–Crippen LogP) is 3.67. The fourth-order valence-corrected chi connectivity index (χ4v) is 3.49. The van der Waals surface area contributed by atoms with Gasteiger partial charge in [-0.25, -0.2) is 9.67 Å². The van der Waals surface area contributed by atoms with Crippen LogP contribution in [-0.2, 0) is 13.0 Å². The molecule has 0 aliphatic carbocycles. The minimum atomic E-state index is -0.453. The van der Waals surface area contributed by atoms with Crippen LogP contribution in [0.5, 0.6) is 0 Å². The molecule has 4 aromatic rings. The molecular weight excluding hydrogens is 410 g/mol. The molecule has 0 fully saturated rings. The first-order chi connectivity index (χ1) is 15.5. The molecule has 11 nitrogen and oxygen atoms in total. The Hall–Kier alpha value is -3.89. The van der Waals surface area contributed by atoms with Crippen LogP contribution in [0.4, 0.5) is 5.69 Å². The van der Waals surface area contributed by atoms with Gasteiger partial charge in [0.15, 0.2) is 11.5 Å². The highest BCUT2D eigenvalue weighted by Gasteiger charge is 2.24. The second kappa shape index (κ2) is 9.08. The van der Waals surface area contributed by atoms with Gasteiger partial charge >= 0.3 is 0 Å². The van der Waals surface area contributed by atoms with Crippen molar-refractivity contribution in [2.45, 2.75) is 52.5 Å². The van der Waals surface area contributed by atoms with Crippen molar-refractivity contribution < 1.29 is 4.92 Å². The Labute approximate surface area is 184 Å². The molecule has 3 heterocycles. The number of rotatable bonds is 9. The normalized spacial score (nSPS) is 11.4. The van der Waals surface area contributed by atoms with Crippen molar-refractivity contribution in [1.82, 2.24) is 40.0 Å². The molecule has 0 saturated heterocycles. The van der Waals surface area contributed by atoms with Gasteiger partial charge in [-0.05, 0) is 29.3 Å². The van der Waals surface area contributed by atoms with E-state index in [1.807, 2.05) is 28.9 Å². The van der Waals surface area contributed by atoms with Crippen LogP contribution in [0.1, 0.15) is 56.7 Å². The van der Waals surface area contributed by atoms with Crippen LogP contribution >= 0.6 is 0 Å². The highest BCUT2D eigenvalue weighted by atomic mass is 16.6. The average molecular weight is 435 g/mol. The number of aryl methyl sites for hydroxylation is 1. The number of nitro groups is 1. The third kappa shape index (κ3) is 4.27. The highest BCUT2D eigenvalue weighted by Crippen LogP contribution is 2.31. The topological polar surface area (TPSA) is 133 Å². The van der Waals surface area contributed by atoms with Crippen LogP contribution in [0.2, 0.25) is 0 Å². The van der Waals surface area contributed by atoms with Crippen LogP contribution in [0, 0.1) is 10.1 Å². The van der Waals surface area contributed by atoms with Gasteiger partial charge in [0.2, 0.25) is 5.82 Å². The molecule has 0 atom stereocenters. The highest BCUT2D eigenvalue weighted by molar-refractivity contribution is 5.67. The number of hydrogen-bond donors (Lipinski definition) is 1. The van der Waals surface area contributed by atoms with E-state index in [2.05, 4.69) is 41.4 Å². The Morgan fingerprint density at radius 1 is 1.19 bits per heavy atom. The van der Waals surface area contributed by atoms with E-state index >= 15 is 0 Å². The van der Waals surface area contributed by atoms with Gasteiger partial charge in [0.05, 0.1) is 11.5 Å². The molecule has 0 saturated carbocycles. The molecule has 32 heavy (non-hydrogen) atoms. The molecule has 0 bridgehead atoms. The number of hydrogen-bond acceptors (Lipinski definition) is 7. The number of H-pyrrole nitrogens is 1. The summed E-state index contributed by atoms with van der Waals surface area (Å²) in [5.41, 5.74) is 2.01. The average Bonchev–Trinajstić information content (AvgIpc) is 3.52. The minimum absolute atomic E-state index is 0.0835. The zero-order valence-electron chi connectivity index (χ0n) is 18.3. The summed E-state index contributed by atoms with van der Waals surface area (Å²) in [4.78, 5) is 15.7. The van der Waals surface area contributed by atoms with Crippen LogP contribution in [0.15, 0.2) is 36.5 Å². The molecule has 0 amide bonds. The Balaban J connectivity index is 1.62. The first kappa shape index (κ1) is 21.3. The monoisotopic (exact) mass is 435 g/mol. The zero-order chi connectivity index (χ0) is 22.7. The Bertz CT molecular complexity index is 1190. The standard InChI is InChI=1S/C21H25N9O2/c1-4-5-6-18-22-20(14(2)3)25-29(18)13-15-7-9-16(10-8-15)28-12-11-17(30(31)32)19(28)21-23-26-27-24-21/h7-12,14H,4-6,13H2,1-3H3,(H,23,24,26,27). The number of aromatic amines is 1. The second-order valence-corrected chi connectivity index (χ2v) is 7.88. The maximum Gasteiger partial charge on any atom is 0.298 e. The third-order valence-electron chi connectivity index (χ3n) is 5.20. The molecule has 1 N–H and O–H groups in total. The van der Waals surface area contributed by atoms with Crippen LogP contribution in [-0.4, -0.2) is 44.9 Å². The largest absolute Gasteiger partial charge is 0.308 e. The lowest BCUT2D eigenvalue weighted by Gasteiger charge is -2.09. The molecule has 0 aliphatic rings. The van der Waals surface area contributed by atoms with Gasteiger partial charge in [0.25, 0.3) is 5.69 Å². The summed E-state index contributed by atoms with van der Waals surface area (Å²) in [5, 5.41) is 29.9. The summed E-state index contributed by atoms with van der Waals surface area (Å²) in [6.07, 6.45) is 4.70. The smallest absolute Gasteiger partial charge is 0.298 e. The molecule has 3 aromatic heterocycles. The first-order valence-corrected chi connectivity index (χ1v) is 10.6. The lowest BCUT2D eigenvalue weighted by Crippen LogP contribution is -2.07. The SMILES string of the molecule is CCCCc1nc(C(C)C)nn1Cc1ccc(-n2ccc([N+](=O)[O-])c2-c2nn[nH]n2)cc1. The van der Waals surface area contributed by atoms with Gasteiger partial charge in [-0.1, -0.05) is 39.3 Å². The van der Waals surface area contributed by atoms with E-state index in [1.165, 1.54) is 6.07 Å². The van der Waals surface area contributed by atoms with Crippen molar-refractivity contribution in [2.24, 2.45) is 0 Å². The van der Waals surface area contributed by atoms with E-state index in [4.69, 9.17) is 10.1 Å². The summed E-state index contributed by atoms with van der Waals surface area (Å²) >= 11 is 0. The molecule has 0 aliphatic heterocycles. The molecule has 4 rings (SSSR count). The number of benzene rings is 1. The maximum atomic E-state index is 11.5. The van der Waals surface area contributed by atoms with E-state index in [-0.39, 0.29) is 23.1 Å². The molecule has 0 spiro atoms. The molecular formula is C21H25N9O2. The third-order valence-corrected chi connectivity index (χ3v) is 5.20. The molecule has 0 radical (unpaired) electrons. The molecule has 0 unspecified atom stereocenters. The van der Waals surface area contributed by atoms with Gasteiger partial charge in [0.1, 0.15) is 5.82 Å². The number of aromatic nitrogens is 8. The first-order valence-electron chi connectivity index (χ1n) is 10.6. The fourth-order valence-electron chi connectivity index (χ4n) is 3.49. The van der Waals surface area contributed by atoms with E-state index in [9.17, 15) is 10.1 Å². The van der Waals surface area contributed by atoms with Gasteiger partial charge in [0, 0.05) is 30.3 Å². The summed E-state index contributed by atoms with van der Waals surface area (Å²) in [5.74, 6) is 2.29. The second-order valence-electron chi connectivity index (χ2n) is 7.88. The van der Waals surface area contributed by atoms with Crippen LogP contribution in [0.3, 0.4) is 0 Å². The fraction of sp³-hybridized carbons (Fsp3) is 0.381. The zero-order valence-corrected chi connectivity index (χ0v) is 18.3. The van der Waals surface area contributed by atoms with Crippen molar-refractivity contribution >= 4 is 5.69 Å². The number of nitrogens with one attached hydrogen (secondary N) is 1. The lowest BCUT2D eigenvalue weighted by molar-refractivity contribution is -0.384. The van der Waals surface area contributed by atoms with Gasteiger partial charge in [-0.3, -0.25) is 10.1 Å². The Morgan fingerprint density at radius 2 is 1.97 bits per heavy atom. The number of nitrogens with zero attached hydrogens (tertiary/aromatic N) is 8. The summed E-state index contributed by atoms with van der Waals surface area (Å²) in [6, 6.07) is 9.23. The maximum absolute atomic E-state index is 11.5. The summed E-state index contributed by atoms with van der Waals surface area (Å²) in [6.45, 7) is 6.96. The van der Waals surface area contributed by atoms with Gasteiger partial charge in [-0.15, -0.1) is 10.2 Å². The number of tetrazole rings is 1. The molecule has 1 aromatic carbocycles. The Kier molecular flexibility index (Phi) is 6.06. The molecule has 166 valence electrons. The summed E-state index contributed by atoms with van der Waals surface area (Å²) < 4.78 is 3.66. The van der Waals surface area contributed by atoms with Crippen molar-refractivity contribution in [2.75, 3.05) is 0 Å². The summed E-state index contributed by atoms with van der Waals surface area (Å²) in [7, 11) is 0. The van der Waals surface area contributed by atoms with E-state index < -0.39 is 4.92 Å². The minimum Gasteiger partial charge on any atom is -0.308 e. The van der Waals surface area contributed by atoms with Crippen LogP contribution < -0.4 is 0 Å². The lowest BCUT2D eigenvalue weighted by atomic mass is 10.2. The van der Waals surface area contributed by atoms with E-state index in [1.54, 1.807) is 10.8 Å². The van der Waals surface area contributed by atoms with Crippen molar-refractivity contribution in [3.8, 4) is 17.2 Å². The van der Waals surface area contributed by atoms with Gasteiger partial charge < -0.3 is 4.57 Å². The van der Waals surface area contributed by atoms with Crippen molar-refractivity contribution in [3.05, 3.63) is 63.9 Å². The van der Waals surface area contributed by atoms with Crippen LogP contribution in [0.25, 0.3) is 17.2 Å². The molecule has 11 heteroatoms.